The monoisotopic (exact) mass is 336 g/mol. The molecule has 2 aromatic rings. The number of nitrogens with two attached hydrogens (primary N) is 1. The average molecular weight is 336 g/mol. The normalized spacial score (nSPS) is 12.7. The summed E-state index contributed by atoms with van der Waals surface area (Å²) < 4.78 is 36.7. The standard InChI is InChI=1S/C16H17FN2O3S/c1-10-7-8-12(9-15(10)23(18,21)22)16(20)19-11(2)13-5-3-4-6-14(13)17/h3-9,11H,1-2H3,(H,19,20)(H2,18,21,22)/t11-/m1/s1. The third-order valence-electron chi connectivity index (χ3n) is 3.48. The van der Waals surface area contributed by atoms with Crippen LogP contribution in [-0.4, -0.2) is 14.3 Å². The fourth-order valence-corrected chi connectivity index (χ4v) is 3.04. The molecule has 2 aromatic carbocycles. The Labute approximate surface area is 134 Å². The number of nitrogens with one attached hydrogen (secondary N) is 1. The fraction of sp³-hybridized carbons (Fsp3) is 0.188. The molecule has 122 valence electrons. The number of benzene rings is 2. The van der Waals surface area contributed by atoms with Crippen LogP contribution >= 0.6 is 0 Å². The van der Waals surface area contributed by atoms with Gasteiger partial charge >= 0.3 is 0 Å². The summed E-state index contributed by atoms with van der Waals surface area (Å²) in [5.74, 6) is -0.930. The van der Waals surface area contributed by atoms with E-state index in [2.05, 4.69) is 5.32 Å². The zero-order chi connectivity index (χ0) is 17.2. The maximum Gasteiger partial charge on any atom is 0.251 e. The number of hydrogen-bond acceptors (Lipinski definition) is 3. The molecule has 0 saturated carbocycles. The van der Waals surface area contributed by atoms with E-state index in [1.165, 1.54) is 24.3 Å². The van der Waals surface area contributed by atoms with Gasteiger partial charge in [-0.1, -0.05) is 24.3 Å². The molecule has 0 spiro atoms. The molecule has 0 heterocycles. The average Bonchev–Trinajstić information content (AvgIpc) is 2.46. The number of sulfonamides is 1. The van der Waals surface area contributed by atoms with Gasteiger partial charge in [0.15, 0.2) is 0 Å². The molecular formula is C16H17FN2O3S. The highest BCUT2D eigenvalue weighted by Crippen LogP contribution is 2.19. The first-order valence-electron chi connectivity index (χ1n) is 6.89. The van der Waals surface area contributed by atoms with E-state index in [1.807, 2.05) is 0 Å². The molecule has 0 aliphatic carbocycles. The Hall–Kier alpha value is -2.25. The highest BCUT2D eigenvalue weighted by molar-refractivity contribution is 7.89. The molecule has 2 rings (SSSR count). The van der Waals surface area contributed by atoms with Gasteiger partial charge in [-0.3, -0.25) is 4.79 Å². The van der Waals surface area contributed by atoms with Crippen molar-refractivity contribution in [3.8, 4) is 0 Å². The van der Waals surface area contributed by atoms with Crippen LogP contribution in [0.2, 0.25) is 0 Å². The van der Waals surface area contributed by atoms with E-state index in [0.29, 0.717) is 11.1 Å². The fourth-order valence-electron chi connectivity index (χ4n) is 2.23. The molecule has 3 N–H and O–H groups in total. The van der Waals surface area contributed by atoms with Gasteiger partial charge < -0.3 is 5.32 Å². The van der Waals surface area contributed by atoms with Crippen LogP contribution in [0.5, 0.6) is 0 Å². The number of rotatable bonds is 4. The first-order chi connectivity index (χ1) is 10.7. The van der Waals surface area contributed by atoms with Gasteiger partial charge in [-0.25, -0.2) is 17.9 Å². The van der Waals surface area contributed by atoms with Gasteiger partial charge in [0.2, 0.25) is 10.0 Å². The topological polar surface area (TPSA) is 89.3 Å². The highest BCUT2D eigenvalue weighted by atomic mass is 32.2. The summed E-state index contributed by atoms with van der Waals surface area (Å²) in [6.07, 6.45) is 0. The van der Waals surface area contributed by atoms with Crippen molar-refractivity contribution in [1.29, 1.82) is 0 Å². The number of primary sulfonamides is 1. The van der Waals surface area contributed by atoms with Crippen molar-refractivity contribution in [2.45, 2.75) is 24.8 Å². The Morgan fingerprint density at radius 2 is 1.87 bits per heavy atom. The van der Waals surface area contributed by atoms with E-state index >= 15 is 0 Å². The van der Waals surface area contributed by atoms with E-state index in [0.717, 1.165) is 0 Å². The molecule has 0 unspecified atom stereocenters. The molecule has 0 bridgehead atoms. The molecule has 7 heteroatoms. The van der Waals surface area contributed by atoms with Gasteiger partial charge in [0, 0.05) is 11.1 Å². The van der Waals surface area contributed by atoms with Crippen molar-refractivity contribution in [3.05, 3.63) is 65.0 Å². The summed E-state index contributed by atoms with van der Waals surface area (Å²) in [6.45, 7) is 3.23. The van der Waals surface area contributed by atoms with Gasteiger partial charge in [0.25, 0.3) is 5.91 Å². The second-order valence-corrected chi connectivity index (χ2v) is 6.77. The zero-order valence-electron chi connectivity index (χ0n) is 12.7. The van der Waals surface area contributed by atoms with Crippen molar-refractivity contribution in [2.75, 3.05) is 0 Å². The summed E-state index contributed by atoms with van der Waals surface area (Å²) in [6, 6.07) is 9.76. The smallest absolute Gasteiger partial charge is 0.251 e. The molecule has 1 atom stereocenters. The number of amides is 1. The Balaban J connectivity index is 2.27. The van der Waals surface area contributed by atoms with Crippen molar-refractivity contribution < 1.29 is 17.6 Å². The van der Waals surface area contributed by atoms with Crippen LogP contribution in [0.1, 0.15) is 34.5 Å². The summed E-state index contributed by atoms with van der Waals surface area (Å²) >= 11 is 0. The lowest BCUT2D eigenvalue weighted by Crippen LogP contribution is -2.27. The van der Waals surface area contributed by atoms with E-state index in [9.17, 15) is 17.6 Å². The molecule has 0 aliphatic rings. The molecule has 0 aromatic heterocycles. The molecule has 0 fully saturated rings. The second-order valence-electron chi connectivity index (χ2n) is 5.24. The van der Waals surface area contributed by atoms with Crippen LogP contribution in [0.4, 0.5) is 4.39 Å². The minimum Gasteiger partial charge on any atom is -0.345 e. The largest absolute Gasteiger partial charge is 0.345 e. The molecule has 23 heavy (non-hydrogen) atoms. The van der Waals surface area contributed by atoms with Gasteiger partial charge in [0.1, 0.15) is 5.82 Å². The minimum atomic E-state index is -3.92. The molecule has 5 nitrogen and oxygen atoms in total. The number of halogens is 1. The van der Waals surface area contributed by atoms with E-state index in [1.54, 1.807) is 32.0 Å². The number of aryl methyl sites for hydroxylation is 1. The highest BCUT2D eigenvalue weighted by Gasteiger charge is 2.18. The van der Waals surface area contributed by atoms with Crippen LogP contribution in [0.3, 0.4) is 0 Å². The summed E-state index contributed by atoms with van der Waals surface area (Å²) in [5, 5.41) is 7.77. The van der Waals surface area contributed by atoms with Gasteiger partial charge in [-0.05, 0) is 37.6 Å². The molecule has 0 saturated heterocycles. The van der Waals surface area contributed by atoms with Crippen molar-refractivity contribution >= 4 is 15.9 Å². The molecule has 0 aliphatic heterocycles. The molecular weight excluding hydrogens is 319 g/mol. The van der Waals surface area contributed by atoms with Crippen LogP contribution in [0.15, 0.2) is 47.4 Å². The van der Waals surface area contributed by atoms with Crippen molar-refractivity contribution in [2.24, 2.45) is 5.14 Å². The lowest BCUT2D eigenvalue weighted by atomic mass is 10.1. The van der Waals surface area contributed by atoms with Gasteiger partial charge in [-0.2, -0.15) is 0 Å². The van der Waals surface area contributed by atoms with Gasteiger partial charge in [0.05, 0.1) is 10.9 Å². The third kappa shape index (κ3) is 3.94. The van der Waals surface area contributed by atoms with Crippen LogP contribution < -0.4 is 10.5 Å². The van der Waals surface area contributed by atoms with E-state index in [-0.39, 0.29) is 10.5 Å². The minimum absolute atomic E-state index is 0.108. The third-order valence-corrected chi connectivity index (χ3v) is 4.53. The lowest BCUT2D eigenvalue weighted by molar-refractivity contribution is 0.0939. The van der Waals surface area contributed by atoms with E-state index < -0.39 is 27.8 Å². The van der Waals surface area contributed by atoms with Crippen LogP contribution in [0, 0.1) is 12.7 Å². The summed E-state index contributed by atoms with van der Waals surface area (Å²) in [5.41, 5.74) is 0.939. The number of carbonyl (C=O) groups excluding carboxylic acids is 1. The van der Waals surface area contributed by atoms with Crippen LogP contribution in [-0.2, 0) is 10.0 Å². The van der Waals surface area contributed by atoms with E-state index in [4.69, 9.17) is 5.14 Å². The number of carbonyl (C=O) groups is 1. The SMILES string of the molecule is Cc1ccc(C(=O)N[C@H](C)c2ccccc2F)cc1S(N)(=O)=O. The maximum absolute atomic E-state index is 13.7. The predicted octanol–water partition coefficient (Wildman–Crippen LogP) is 2.27. The Kier molecular flexibility index (Phi) is 4.82. The second kappa shape index (κ2) is 6.47. The first kappa shape index (κ1) is 17.1. The van der Waals surface area contributed by atoms with Crippen molar-refractivity contribution in [1.82, 2.24) is 5.32 Å². The van der Waals surface area contributed by atoms with Gasteiger partial charge in [-0.15, -0.1) is 0 Å². The molecule has 1 amide bonds. The first-order valence-corrected chi connectivity index (χ1v) is 8.43. The zero-order valence-corrected chi connectivity index (χ0v) is 13.5. The number of hydrogen-bond donors (Lipinski definition) is 2. The Morgan fingerprint density at radius 3 is 2.48 bits per heavy atom. The predicted molar refractivity (Wildman–Crippen MR) is 84.8 cm³/mol. The summed E-state index contributed by atoms with van der Waals surface area (Å²) in [7, 11) is -3.92. The van der Waals surface area contributed by atoms with Crippen molar-refractivity contribution in [3.63, 3.8) is 0 Å². The Morgan fingerprint density at radius 1 is 1.22 bits per heavy atom. The Bertz CT molecular complexity index is 850. The lowest BCUT2D eigenvalue weighted by Gasteiger charge is -2.15. The van der Waals surface area contributed by atoms with Crippen LogP contribution in [0.25, 0.3) is 0 Å². The maximum atomic E-state index is 13.7. The molecule has 0 radical (unpaired) electrons. The quantitative estimate of drug-likeness (QED) is 0.897. The summed E-state index contributed by atoms with van der Waals surface area (Å²) in [4.78, 5) is 12.2.